The molecule has 1 aliphatic heterocycles. The number of allylic oxidation sites excluding steroid dienone is 2. The highest BCUT2D eigenvalue weighted by Crippen LogP contribution is 2.41. The number of hydrogen-bond donors (Lipinski definition) is 2. The Hall–Kier alpha value is -4.82. The van der Waals surface area contributed by atoms with Crippen LogP contribution in [0.4, 0.5) is 10.3 Å². The maximum Gasteiger partial charge on any atom is 0.243 e. The third-order valence-electron chi connectivity index (χ3n) is 7.69. The van der Waals surface area contributed by atoms with E-state index in [0.717, 1.165) is 23.0 Å². The lowest BCUT2D eigenvalue weighted by molar-refractivity contribution is -0.0971. The summed E-state index contributed by atoms with van der Waals surface area (Å²) in [6, 6.07) is 14.5. The second kappa shape index (κ2) is 12.1. The summed E-state index contributed by atoms with van der Waals surface area (Å²) in [6.07, 6.45) is 7.23. The molecule has 0 saturated carbocycles. The molecule has 230 valence electrons. The third-order valence-corrected chi connectivity index (χ3v) is 9.55. The molecule has 0 saturated heterocycles. The van der Waals surface area contributed by atoms with Gasteiger partial charge in [-0.1, -0.05) is 55.5 Å². The molecule has 0 aliphatic carbocycles. The summed E-state index contributed by atoms with van der Waals surface area (Å²) < 4.78 is 56.1. The van der Waals surface area contributed by atoms with E-state index < -0.39 is 32.5 Å². The first-order chi connectivity index (χ1) is 21.0. The minimum Gasteiger partial charge on any atom is -0.494 e. The standard InChI is InChI=1S/C30H32FN7O5S/c1-19(27-32-17-22(31)18-33-27)20(2)44(40,41)36-29-35-34-28(37(29)26-24(42-4)14-9-15-25(26)43-5)23-13-10-16-30(3,38(23)39)21-11-7-6-8-12-21/h6-20,39H,1-5H3,(H,35,36)/t19-,20-,30?/m0/s1. The predicted octanol–water partition coefficient (Wildman–Crippen LogP) is 4.66. The zero-order valence-electron chi connectivity index (χ0n) is 24.7. The number of hydroxylamine groups is 2. The van der Waals surface area contributed by atoms with Gasteiger partial charge in [0.1, 0.15) is 34.2 Å². The number of ether oxygens (including phenoxy) is 2. The Morgan fingerprint density at radius 3 is 2.23 bits per heavy atom. The first-order valence-corrected chi connectivity index (χ1v) is 15.2. The first-order valence-electron chi connectivity index (χ1n) is 13.6. The second-order valence-corrected chi connectivity index (χ2v) is 12.4. The number of nitrogens with one attached hydrogen (secondary N) is 1. The Balaban J connectivity index is 1.63. The van der Waals surface area contributed by atoms with Crippen LogP contribution >= 0.6 is 0 Å². The van der Waals surface area contributed by atoms with Gasteiger partial charge in [0.2, 0.25) is 16.0 Å². The molecule has 0 amide bonds. The van der Waals surface area contributed by atoms with Crippen molar-refractivity contribution in [3.63, 3.8) is 0 Å². The predicted molar refractivity (Wildman–Crippen MR) is 161 cm³/mol. The normalized spacial score (nSPS) is 18.0. The summed E-state index contributed by atoms with van der Waals surface area (Å²) in [5, 5.41) is 20.2. The van der Waals surface area contributed by atoms with Gasteiger partial charge in [-0.25, -0.2) is 27.8 Å². The van der Waals surface area contributed by atoms with Crippen molar-refractivity contribution in [1.82, 2.24) is 29.8 Å². The lowest BCUT2D eigenvalue weighted by Gasteiger charge is -2.39. The molecule has 3 atom stereocenters. The molecular formula is C30H32FN7O5S. The van der Waals surface area contributed by atoms with Crippen LogP contribution in [0.5, 0.6) is 11.5 Å². The first kappa shape index (κ1) is 30.6. The van der Waals surface area contributed by atoms with Gasteiger partial charge in [0, 0.05) is 5.92 Å². The summed E-state index contributed by atoms with van der Waals surface area (Å²) >= 11 is 0. The molecular weight excluding hydrogens is 589 g/mol. The van der Waals surface area contributed by atoms with Gasteiger partial charge in [-0.05, 0) is 37.6 Å². The van der Waals surface area contributed by atoms with Crippen molar-refractivity contribution in [2.24, 2.45) is 0 Å². The summed E-state index contributed by atoms with van der Waals surface area (Å²) in [5.74, 6) is -0.615. The zero-order valence-corrected chi connectivity index (χ0v) is 25.5. The van der Waals surface area contributed by atoms with E-state index >= 15 is 0 Å². The average Bonchev–Trinajstić information content (AvgIpc) is 3.43. The lowest BCUT2D eigenvalue weighted by atomic mass is 9.88. The van der Waals surface area contributed by atoms with Crippen LogP contribution in [0, 0.1) is 5.82 Å². The summed E-state index contributed by atoms with van der Waals surface area (Å²) in [5.41, 5.74) is 0.331. The van der Waals surface area contributed by atoms with E-state index in [9.17, 15) is 18.0 Å². The fourth-order valence-corrected chi connectivity index (χ4v) is 6.15. The molecule has 44 heavy (non-hydrogen) atoms. The van der Waals surface area contributed by atoms with Crippen LogP contribution in [-0.2, 0) is 15.6 Å². The van der Waals surface area contributed by atoms with Crippen LogP contribution in [0.2, 0.25) is 0 Å². The van der Waals surface area contributed by atoms with Crippen LogP contribution in [0.1, 0.15) is 43.9 Å². The number of benzene rings is 2. The van der Waals surface area contributed by atoms with E-state index in [0.29, 0.717) is 17.2 Å². The molecule has 0 bridgehead atoms. The van der Waals surface area contributed by atoms with Crippen LogP contribution in [0.3, 0.4) is 0 Å². The van der Waals surface area contributed by atoms with Crippen LogP contribution in [0.15, 0.2) is 79.2 Å². The smallest absolute Gasteiger partial charge is 0.243 e. The minimum absolute atomic E-state index is 0.0991. The SMILES string of the molecule is COc1cccc(OC)c1-n1c(NS(=O)(=O)[C@@H](C)[C@H](C)c2ncc(F)cn2)nnc1C1=CC=CC(C)(c2ccccc2)N1O. The molecule has 0 radical (unpaired) electrons. The van der Waals surface area contributed by atoms with Crippen molar-refractivity contribution in [3.05, 3.63) is 102 Å². The molecule has 12 nitrogen and oxygen atoms in total. The van der Waals surface area contributed by atoms with Gasteiger partial charge in [-0.3, -0.25) is 14.5 Å². The molecule has 1 aliphatic rings. The number of aromatic nitrogens is 5. The van der Waals surface area contributed by atoms with E-state index in [1.54, 1.807) is 37.3 Å². The van der Waals surface area contributed by atoms with E-state index in [1.807, 2.05) is 43.3 Å². The number of para-hydroxylation sites is 1. The molecule has 5 rings (SSSR count). The third kappa shape index (κ3) is 5.49. The Morgan fingerprint density at radius 2 is 1.61 bits per heavy atom. The van der Waals surface area contributed by atoms with E-state index in [4.69, 9.17) is 9.47 Å². The fourth-order valence-electron chi connectivity index (χ4n) is 4.92. The molecule has 2 aromatic carbocycles. The highest BCUT2D eigenvalue weighted by atomic mass is 32.2. The largest absolute Gasteiger partial charge is 0.494 e. The Bertz CT molecular complexity index is 1790. The van der Waals surface area contributed by atoms with Gasteiger partial charge in [-0.15, -0.1) is 10.2 Å². The maximum atomic E-state index is 13.7. The van der Waals surface area contributed by atoms with Gasteiger partial charge in [-0.2, -0.15) is 0 Å². The average molecular weight is 622 g/mol. The molecule has 3 heterocycles. The molecule has 0 spiro atoms. The van der Waals surface area contributed by atoms with Crippen molar-refractivity contribution < 1.29 is 27.5 Å². The van der Waals surface area contributed by atoms with E-state index in [-0.39, 0.29) is 23.3 Å². The number of nitrogens with zero attached hydrogens (tertiary/aromatic N) is 6. The Labute approximate surface area is 254 Å². The quantitative estimate of drug-likeness (QED) is 0.256. The van der Waals surface area contributed by atoms with Crippen molar-refractivity contribution >= 4 is 21.7 Å². The number of hydrogen-bond acceptors (Lipinski definition) is 10. The topological polar surface area (TPSA) is 145 Å². The van der Waals surface area contributed by atoms with E-state index in [2.05, 4.69) is 24.9 Å². The Morgan fingerprint density at radius 1 is 0.977 bits per heavy atom. The number of anilines is 1. The zero-order chi connectivity index (χ0) is 31.6. The van der Waals surface area contributed by atoms with Gasteiger partial charge in [0.05, 0.1) is 31.9 Å². The van der Waals surface area contributed by atoms with Gasteiger partial charge < -0.3 is 9.47 Å². The van der Waals surface area contributed by atoms with Crippen LogP contribution in [-0.4, -0.2) is 62.9 Å². The molecule has 4 aromatic rings. The van der Waals surface area contributed by atoms with Crippen molar-refractivity contribution in [2.75, 3.05) is 18.9 Å². The van der Waals surface area contributed by atoms with Crippen molar-refractivity contribution in [1.29, 1.82) is 0 Å². The summed E-state index contributed by atoms with van der Waals surface area (Å²) in [6.45, 7) is 4.95. The van der Waals surface area contributed by atoms with Crippen molar-refractivity contribution in [3.8, 4) is 17.2 Å². The van der Waals surface area contributed by atoms with Crippen LogP contribution < -0.4 is 14.2 Å². The van der Waals surface area contributed by atoms with Gasteiger partial charge in [0.15, 0.2) is 11.6 Å². The lowest BCUT2D eigenvalue weighted by Crippen LogP contribution is -2.40. The van der Waals surface area contributed by atoms with E-state index in [1.165, 1.54) is 25.7 Å². The highest BCUT2D eigenvalue weighted by Gasteiger charge is 2.38. The summed E-state index contributed by atoms with van der Waals surface area (Å²) in [7, 11) is -1.25. The fraction of sp³-hybridized carbons (Fsp3) is 0.267. The minimum atomic E-state index is -4.18. The highest BCUT2D eigenvalue weighted by molar-refractivity contribution is 7.93. The molecule has 1 unspecified atom stereocenters. The molecule has 14 heteroatoms. The summed E-state index contributed by atoms with van der Waals surface area (Å²) in [4.78, 5) is 7.90. The number of sulfonamides is 1. The van der Waals surface area contributed by atoms with Crippen LogP contribution in [0.25, 0.3) is 11.4 Å². The van der Waals surface area contributed by atoms with Crippen molar-refractivity contribution in [2.45, 2.75) is 37.5 Å². The van der Waals surface area contributed by atoms with Gasteiger partial charge in [0.25, 0.3) is 0 Å². The molecule has 2 aromatic heterocycles. The Kier molecular flexibility index (Phi) is 8.39. The number of methoxy groups -OCH3 is 2. The molecule has 2 N–H and O–H groups in total. The number of halogens is 1. The monoisotopic (exact) mass is 621 g/mol. The molecule has 0 fully saturated rings. The number of rotatable bonds is 10. The maximum absolute atomic E-state index is 13.7. The van der Waals surface area contributed by atoms with Gasteiger partial charge >= 0.3 is 0 Å². The second-order valence-electron chi connectivity index (χ2n) is 10.3.